The summed E-state index contributed by atoms with van der Waals surface area (Å²) >= 11 is 0. The van der Waals surface area contributed by atoms with Gasteiger partial charge in [-0.25, -0.2) is 13.6 Å². The summed E-state index contributed by atoms with van der Waals surface area (Å²) in [5.74, 6) is 1.27. The second-order valence-electron chi connectivity index (χ2n) is 6.79. The second-order valence-corrected chi connectivity index (χ2v) is 8.53. The molecule has 0 aromatic carbocycles. The third-order valence-electron chi connectivity index (χ3n) is 4.10. The Morgan fingerprint density at radius 1 is 1.27 bits per heavy atom. The Hall–Kier alpha value is -0.820. The van der Waals surface area contributed by atoms with E-state index in [1.54, 1.807) is 0 Å². The molecule has 1 aliphatic rings. The van der Waals surface area contributed by atoms with Gasteiger partial charge < -0.3 is 10.6 Å². The van der Waals surface area contributed by atoms with Crippen molar-refractivity contribution < 1.29 is 8.42 Å². The van der Waals surface area contributed by atoms with E-state index in [1.165, 1.54) is 32.1 Å². The SMILES string of the molecule is CCNC(=NCC1(CC(C)C)CCCC1)NCCS(N)(=O)=O. The summed E-state index contributed by atoms with van der Waals surface area (Å²) in [6.07, 6.45) is 6.26. The van der Waals surface area contributed by atoms with Crippen LogP contribution < -0.4 is 15.8 Å². The van der Waals surface area contributed by atoms with Crippen LogP contribution in [0.3, 0.4) is 0 Å². The van der Waals surface area contributed by atoms with Gasteiger partial charge in [0.25, 0.3) is 0 Å². The molecule has 0 spiro atoms. The number of rotatable bonds is 8. The van der Waals surface area contributed by atoms with Crippen LogP contribution in [0.2, 0.25) is 0 Å². The minimum atomic E-state index is -3.44. The Labute approximate surface area is 135 Å². The van der Waals surface area contributed by atoms with Gasteiger partial charge in [0.05, 0.1) is 5.75 Å². The minimum absolute atomic E-state index is 0.0887. The van der Waals surface area contributed by atoms with Gasteiger partial charge in [0, 0.05) is 19.6 Å². The van der Waals surface area contributed by atoms with Crippen molar-refractivity contribution in [2.75, 3.05) is 25.4 Å². The van der Waals surface area contributed by atoms with Gasteiger partial charge in [-0.3, -0.25) is 4.99 Å². The van der Waals surface area contributed by atoms with E-state index >= 15 is 0 Å². The smallest absolute Gasteiger partial charge is 0.210 e. The van der Waals surface area contributed by atoms with Crippen molar-refractivity contribution in [3.63, 3.8) is 0 Å². The van der Waals surface area contributed by atoms with E-state index in [-0.39, 0.29) is 12.3 Å². The van der Waals surface area contributed by atoms with E-state index in [0.717, 1.165) is 13.1 Å². The fraction of sp³-hybridized carbons (Fsp3) is 0.933. The molecule has 0 amide bonds. The Balaban J connectivity index is 2.62. The number of primary sulfonamides is 1. The molecular weight excluding hydrogens is 300 g/mol. The lowest BCUT2D eigenvalue weighted by molar-refractivity contribution is 0.245. The largest absolute Gasteiger partial charge is 0.357 e. The third kappa shape index (κ3) is 7.45. The molecule has 22 heavy (non-hydrogen) atoms. The molecule has 0 bridgehead atoms. The first-order valence-electron chi connectivity index (χ1n) is 8.29. The highest BCUT2D eigenvalue weighted by Gasteiger charge is 2.34. The maximum Gasteiger partial charge on any atom is 0.210 e. The first-order valence-corrected chi connectivity index (χ1v) is 10.0. The van der Waals surface area contributed by atoms with Crippen LogP contribution in [-0.2, 0) is 10.0 Å². The van der Waals surface area contributed by atoms with Crippen molar-refractivity contribution in [3.8, 4) is 0 Å². The van der Waals surface area contributed by atoms with Crippen LogP contribution in [0, 0.1) is 11.3 Å². The number of nitrogens with two attached hydrogens (primary N) is 1. The summed E-state index contributed by atoms with van der Waals surface area (Å²) < 4.78 is 22.0. The van der Waals surface area contributed by atoms with Gasteiger partial charge in [-0.05, 0) is 37.5 Å². The summed E-state index contributed by atoms with van der Waals surface area (Å²) in [7, 11) is -3.44. The van der Waals surface area contributed by atoms with Gasteiger partial charge in [0.2, 0.25) is 10.0 Å². The lowest BCUT2D eigenvalue weighted by atomic mass is 9.78. The molecular formula is C15H32N4O2S. The van der Waals surface area contributed by atoms with Gasteiger partial charge in [-0.2, -0.15) is 0 Å². The molecule has 130 valence electrons. The summed E-state index contributed by atoms with van der Waals surface area (Å²) in [4.78, 5) is 4.70. The van der Waals surface area contributed by atoms with Crippen LogP contribution >= 0.6 is 0 Å². The molecule has 7 heteroatoms. The van der Waals surface area contributed by atoms with E-state index in [0.29, 0.717) is 17.3 Å². The quantitative estimate of drug-likeness (QED) is 0.463. The molecule has 6 nitrogen and oxygen atoms in total. The first-order chi connectivity index (χ1) is 10.3. The molecule has 0 saturated heterocycles. The van der Waals surface area contributed by atoms with Crippen molar-refractivity contribution in [1.82, 2.24) is 10.6 Å². The van der Waals surface area contributed by atoms with Gasteiger partial charge >= 0.3 is 0 Å². The maximum absolute atomic E-state index is 11.0. The van der Waals surface area contributed by atoms with Crippen molar-refractivity contribution >= 4 is 16.0 Å². The van der Waals surface area contributed by atoms with Crippen molar-refractivity contribution in [2.24, 2.45) is 21.5 Å². The molecule has 0 atom stereocenters. The number of sulfonamides is 1. The van der Waals surface area contributed by atoms with Gasteiger partial charge in [0.15, 0.2) is 5.96 Å². The lowest BCUT2D eigenvalue weighted by Crippen LogP contribution is -2.41. The number of nitrogens with zero attached hydrogens (tertiary/aromatic N) is 1. The minimum Gasteiger partial charge on any atom is -0.357 e. The molecule has 0 unspecified atom stereocenters. The van der Waals surface area contributed by atoms with E-state index in [4.69, 9.17) is 10.1 Å². The summed E-state index contributed by atoms with van der Waals surface area (Å²) in [5.41, 5.74) is 0.316. The van der Waals surface area contributed by atoms with Gasteiger partial charge in [-0.1, -0.05) is 26.7 Å². The zero-order valence-electron chi connectivity index (χ0n) is 14.2. The number of hydrogen-bond acceptors (Lipinski definition) is 3. The molecule has 1 rings (SSSR count). The highest BCUT2D eigenvalue weighted by atomic mass is 32.2. The van der Waals surface area contributed by atoms with Crippen LogP contribution in [-0.4, -0.2) is 39.8 Å². The van der Waals surface area contributed by atoms with Crippen molar-refractivity contribution in [1.29, 1.82) is 0 Å². The lowest BCUT2D eigenvalue weighted by Gasteiger charge is -2.29. The Morgan fingerprint density at radius 2 is 1.91 bits per heavy atom. The van der Waals surface area contributed by atoms with Crippen molar-refractivity contribution in [2.45, 2.75) is 52.9 Å². The summed E-state index contributed by atoms with van der Waals surface area (Å²) in [6, 6.07) is 0. The average Bonchev–Trinajstić information content (AvgIpc) is 2.82. The molecule has 0 aliphatic heterocycles. The normalized spacial score (nSPS) is 18.7. The topological polar surface area (TPSA) is 96.6 Å². The number of aliphatic imine (C=N–C) groups is 1. The predicted octanol–water partition coefficient (Wildman–Crippen LogP) is 1.44. The number of nitrogens with one attached hydrogen (secondary N) is 2. The van der Waals surface area contributed by atoms with E-state index in [2.05, 4.69) is 24.5 Å². The van der Waals surface area contributed by atoms with Gasteiger partial charge in [0.1, 0.15) is 0 Å². The Bertz CT molecular complexity index is 454. The fourth-order valence-electron chi connectivity index (χ4n) is 3.32. The Kier molecular flexibility index (Phi) is 7.62. The molecule has 1 fully saturated rings. The number of guanidine groups is 1. The molecule has 4 N–H and O–H groups in total. The third-order valence-corrected chi connectivity index (χ3v) is 4.87. The first kappa shape index (κ1) is 19.2. The second kappa shape index (κ2) is 8.72. The molecule has 0 radical (unpaired) electrons. The van der Waals surface area contributed by atoms with E-state index in [9.17, 15) is 8.42 Å². The predicted molar refractivity (Wildman–Crippen MR) is 92.3 cm³/mol. The van der Waals surface area contributed by atoms with Gasteiger partial charge in [-0.15, -0.1) is 0 Å². The van der Waals surface area contributed by atoms with Crippen LogP contribution in [0.5, 0.6) is 0 Å². The molecule has 0 aromatic heterocycles. The zero-order chi connectivity index (χ0) is 16.6. The molecule has 1 saturated carbocycles. The Morgan fingerprint density at radius 3 is 2.41 bits per heavy atom. The highest BCUT2D eigenvalue weighted by molar-refractivity contribution is 7.89. The summed E-state index contributed by atoms with van der Waals surface area (Å²) in [6.45, 7) is 8.35. The van der Waals surface area contributed by atoms with Crippen LogP contribution in [0.4, 0.5) is 0 Å². The standard InChI is InChI=1S/C15H32N4O2S/c1-4-17-14(18-9-10-22(16,20)21)19-12-15(11-13(2)3)7-5-6-8-15/h13H,4-12H2,1-3H3,(H2,16,20,21)(H2,17,18,19). The number of hydrogen-bond donors (Lipinski definition) is 3. The van der Waals surface area contributed by atoms with Crippen LogP contribution in [0.15, 0.2) is 4.99 Å². The van der Waals surface area contributed by atoms with Crippen LogP contribution in [0.1, 0.15) is 52.9 Å². The van der Waals surface area contributed by atoms with Crippen molar-refractivity contribution in [3.05, 3.63) is 0 Å². The maximum atomic E-state index is 11.0. The molecule has 1 aliphatic carbocycles. The fourth-order valence-corrected chi connectivity index (χ4v) is 3.70. The van der Waals surface area contributed by atoms with E-state index < -0.39 is 10.0 Å². The average molecular weight is 333 g/mol. The van der Waals surface area contributed by atoms with E-state index in [1.807, 2.05) is 6.92 Å². The monoisotopic (exact) mass is 332 g/mol. The van der Waals surface area contributed by atoms with Crippen LogP contribution in [0.25, 0.3) is 0 Å². The molecule has 0 heterocycles. The molecule has 0 aromatic rings. The highest BCUT2D eigenvalue weighted by Crippen LogP contribution is 2.43. The zero-order valence-corrected chi connectivity index (χ0v) is 15.0. The summed E-state index contributed by atoms with van der Waals surface area (Å²) in [5, 5.41) is 11.2.